The number of rotatable bonds is 4. The first kappa shape index (κ1) is 32.4. The van der Waals surface area contributed by atoms with Crippen molar-refractivity contribution < 1.29 is 0 Å². The molecule has 12 aromatic rings. The van der Waals surface area contributed by atoms with Gasteiger partial charge in [0.05, 0.1) is 22.1 Å². The third-order valence-electron chi connectivity index (χ3n) is 12.9. The van der Waals surface area contributed by atoms with Gasteiger partial charge < -0.3 is 9.13 Å². The summed E-state index contributed by atoms with van der Waals surface area (Å²) in [6.45, 7) is 0. The number of nitrogens with zero attached hydrogens (tertiary/aromatic N) is 2. The Bertz CT molecular complexity index is 3680. The minimum absolute atomic E-state index is 0.138. The third kappa shape index (κ3) is 4.81. The molecule has 0 bridgehead atoms. The monoisotopic (exact) mass is 748 g/mol. The predicted octanol–water partition coefficient (Wildman–Crippen LogP) is 15.0. The van der Waals surface area contributed by atoms with E-state index in [0.717, 1.165) is 0 Å². The Labute approximate surface area is 341 Å². The molecule has 2 aromatic heterocycles. The fourth-order valence-corrected chi connectivity index (χ4v) is 10.2. The van der Waals surface area contributed by atoms with E-state index in [1.807, 2.05) is 0 Å². The molecule has 1 aliphatic rings. The van der Waals surface area contributed by atoms with Gasteiger partial charge in [0.2, 0.25) is 0 Å². The Morgan fingerprint density at radius 3 is 1.64 bits per heavy atom. The van der Waals surface area contributed by atoms with Crippen molar-refractivity contribution in [1.82, 2.24) is 9.13 Å². The van der Waals surface area contributed by atoms with Crippen LogP contribution in [0.2, 0.25) is 0 Å². The van der Waals surface area contributed by atoms with Gasteiger partial charge in [-0.15, -0.1) is 0 Å². The maximum atomic E-state index is 2.50. The van der Waals surface area contributed by atoms with Crippen LogP contribution < -0.4 is 0 Å². The second kappa shape index (κ2) is 12.4. The van der Waals surface area contributed by atoms with Crippen LogP contribution in [0.4, 0.5) is 0 Å². The van der Waals surface area contributed by atoms with Gasteiger partial charge in [0.25, 0.3) is 0 Å². The normalized spacial score (nSPS) is 13.6. The Kier molecular flexibility index (Phi) is 6.82. The SMILES string of the molecule is c1ccc(-n2c3ccccc3c3cc(-c4ccc5c(c4)c4cc6c(cc4n5-c4ccc5ccccc5c4)C(c4ccc5ccccc5c4)c4ccccc4-6)ccc32)cc1. The number of benzene rings is 10. The highest BCUT2D eigenvalue weighted by Crippen LogP contribution is 2.51. The maximum absolute atomic E-state index is 2.50. The highest BCUT2D eigenvalue weighted by molar-refractivity contribution is 6.14. The van der Waals surface area contributed by atoms with E-state index in [1.165, 1.54) is 115 Å². The Morgan fingerprint density at radius 1 is 0.288 bits per heavy atom. The van der Waals surface area contributed by atoms with Crippen LogP contribution in [-0.2, 0) is 0 Å². The fraction of sp³-hybridized carbons (Fsp3) is 0.0175. The molecule has 2 nitrogen and oxygen atoms in total. The van der Waals surface area contributed by atoms with Crippen LogP contribution in [0, 0.1) is 0 Å². The molecular weight excluding hydrogens is 713 g/mol. The molecule has 1 aliphatic carbocycles. The lowest BCUT2D eigenvalue weighted by atomic mass is 9.88. The predicted molar refractivity (Wildman–Crippen MR) is 248 cm³/mol. The van der Waals surface area contributed by atoms with E-state index in [1.54, 1.807) is 0 Å². The van der Waals surface area contributed by atoms with Gasteiger partial charge in [-0.2, -0.15) is 0 Å². The standard InChI is InChI=1S/C57H36N2/c1-2-16-43(17-3-1)58-53-21-11-10-19-46(53)49-32-40(25-28-54(49)58)41-26-29-55-50(33-41)51-34-48-45-18-8-9-20-47(45)57(42-23-22-36-12-4-6-14-38(36)30-42)52(48)35-56(51)59(55)44-27-24-37-13-5-7-15-39(37)31-44/h1-35,57H. The highest BCUT2D eigenvalue weighted by Gasteiger charge is 2.31. The summed E-state index contributed by atoms with van der Waals surface area (Å²) in [4.78, 5) is 0. The first-order valence-electron chi connectivity index (χ1n) is 20.5. The van der Waals surface area contributed by atoms with Crippen molar-refractivity contribution in [2.24, 2.45) is 0 Å². The molecule has 0 spiro atoms. The van der Waals surface area contributed by atoms with Gasteiger partial charge in [0.15, 0.2) is 0 Å². The topological polar surface area (TPSA) is 9.86 Å². The molecule has 59 heavy (non-hydrogen) atoms. The zero-order valence-electron chi connectivity index (χ0n) is 32.2. The molecule has 2 heteroatoms. The second-order valence-corrected chi connectivity index (χ2v) is 16.1. The summed E-state index contributed by atoms with van der Waals surface area (Å²) in [6, 6.07) is 78.9. The number of fused-ring (bicyclic) bond motifs is 11. The van der Waals surface area contributed by atoms with Gasteiger partial charge in [0.1, 0.15) is 0 Å². The van der Waals surface area contributed by atoms with Gasteiger partial charge in [-0.1, -0.05) is 146 Å². The molecular formula is C57H36N2. The Morgan fingerprint density at radius 2 is 0.864 bits per heavy atom. The Balaban J connectivity index is 1.06. The van der Waals surface area contributed by atoms with Crippen molar-refractivity contribution in [2.75, 3.05) is 0 Å². The van der Waals surface area contributed by atoms with Crippen molar-refractivity contribution in [3.63, 3.8) is 0 Å². The number of hydrogen-bond acceptors (Lipinski definition) is 0. The smallest absolute Gasteiger partial charge is 0.0544 e. The lowest BCUT2D eigenvalue weighted by molar-refractivity contribution is 1.02. The van der Waals surface area contributed by atoms with Crippen LogP contribution in [-0.4, -0.2) is 9.13 Å². The third-order valence-corrected chi connectivity index (χ3v) is 12.9. The van der Waals surface area contributed by atoms with Crippen LogP contribution in [0.3, 0.4) is 0 Å². The summed E-state index contributed by atoms with van der Waals surface area (Å²) in [5, 5.41) is 10.1. The molecule has 2 heterocycles. The summed E-state index contributed by atoms with van der Waals surface area (Å²) >= 11 is 0. The quantitative estimate of drug-likeness (QED) is 0.170. The van der Waals surface area contributed by atoms with Gasteiger partial charge in [0, 0.05) is 38.8 Å². The summed E-state index contributed by atoms with van der Waals surface area (Å²) in [5.74, 6) is 0.138. The molecule has 0 radical (unpaired) electrons. The molecule has 0 N–H and O–H groups in total. The van der Waals surface area contributed by atoms with Crippen LogP contribution in [0.5, 0.6) is 0 Å². The highest BCUT2D eigenvalue weighted by atomic mass is 15.0. The lowest BCUT2D eigenvalue weighted by Gasteiger charge is -2.16. The van der Waals surface area contributed by atoms with Gasteiger partial charge in [-0.3, -0.25) is 0 Å². The van der Waals surface area contributed by atoms with E-state index in [-0.39, 0.29) is 5.92 Å². The minimum Gasteiger partial charge on any atom is -0.309 e. The van der Waals surface area contributed by atoms with E-state index in [9.17, 15) is 0 Å². The minimum atomic E-state index is 0.138. The first-order chi connectivity index (χ1) is 29.2. The molecule has 10 aromatic carbocycles. The van der Waals surface area contributed by atoms with Crippen molar-refractivity contribution in [3.05, 3.63) is 229 Å². The van der Waals surface area contributed by atoms with Crippen molar-refractivity contribution in [1.29, 1.82) is 0 Å². The zero-order chi connectivity index (χ0) is 38.6. The van der Waals surface area contributed by atoms with E-state index in [2.05, 4.69) is 221 Å². The summed E-state index contributed by atoms with van der Waals surface area (Å²) in [5.41, 5.74) is 16.3. The van der Waals surface area contributed by atoms with Crippen LogP contribution in [0.25, 0.3) is 98.8 Å². The second-order valence-electron chi connectivity index (χ2n) is 16.1. The summed E-state index contributed by atoms with van der Waals surface area (Å²) < 4.78 is 4.89. The molecule has 274 valence electrons. The average Bonchev–Trinajstić information content (AvgIpc) is 3.93. The number of hydrogen-bond donors (Lipinski definition) is 0. The molecule has 0 saturated heterocycles. The van der Waals surface area contributed by atoms with E-state index >= 15 is 0 Å². The largest absolute Gasteiger partial charge is 0.309 e. The van der Waals surface area contributed by atoms with Crippen LogP contribution >= 0.6 is 0 Å². The van der Waals surface area contributed by atoms with Crippen molar-refractivity contribution in [2.45, 2.75) is 5.92 Å². The van der Waals surface area contributed by atoms with Gasteiger partial charge >= 0.3 is 0 Å². The first-order valence-corrected chi connectivity index (χ1v) is 20.5. The van der Waals surface area contributed by atoms with E-state index < -0.39 is 0 Å². The van der Waals surface area contributed by atoms with Gasteiger partial charge in [-0.05, 0) is 127 Å². The molecule has 13 rings (SSSR count). The molecule has 0 saturated carbocycles. The fourth-order valence-electron chi connectivity index (χ4n) is 10.2. The number of aromatic nitrogens is 2. The van der Waals surface area contributed by atoms with Crippen LogP contribution in [0.1, 0.15) is 22.6 Å². The zero-order valence-corrected chi connectivity index (χ0v) is 32.2. The van der Waals surface area contributed by atoms with Gasteiger partial charge in [-0.25, -0.2) is 0 Å². The van der Waals surface area contributed by atoms with Crippen molar-refractivity contribution in [3.8, 4) is 33.6 Å². The van der Waals surface area contributed by atoms with E-state index in [0.29, 0.717) is 0 Å². The molecule has 0 aliphatic heterocycles. The summed E-state index contributed by atoms with van der Waals surface area (Å²) in [7, 11) is 0. The molecule has 1 atom stereocenters. The number of para-hydroxylation sites is 2. The molecule has 1 unspecified atom stereocenters. The Hall–Kier alpha value is -7.68. The average molecular weight is 749 g/mol. The van der Waals surface area contributed by atoms with Crippen LogP contribution in [0.15, 0.2) is 212 Å². The lowest BCUT2D eigenvalue weighted by Crippen LogP contribution is -2.00. The van der Waals surface area contributed by atoms with E-state index in [4.69, 9.17) is 0 Å². The van der Waals surface area contributed by atoms with Crippen molar-refractivity contribution >= 4 is 65.2 Å². The maximum Gasteiger partial charge on any atom is 0.0544 e. The summed E-state index contributed by atoms with van der Waals surface area (Å²) in [6.07, 6.45) is 0. The molecule has 0 amide bonds. The molecule has 0 fully saturated rings.